The maximum atomic E-state index is 11.3. The zero-order valence-corrected chi connectivity index (χ0v) is 10.4. The lowest BCUT2D eigenvalue weighted by atomic mass is 10.1. The third kappa shape index (κ3) is 5.27. The maximum Gasteiger partial charge on any atom is 0.267 e. The SMILES string of the molecule is CNC(=O)CONC(=O)/C=C/c1ccc(C)cc1. The van der Waals surface area contributed by atoms with E-state index in [1.54, 1.807) is 6.08 Å². The van der Waals surface area contributed by atoms with Gasteiger partial charge in [0.1, 0.15) is 0 Å². The number of hydrogen-bond donors (Lipinski definition) is 2. The van der Waals surface area contributed by atoms with Crippen LogP contribution in [-0.2, 0) is 14.4 Å². The summed E-state index contributed by atoms with van der Waals surface area (Å²) in [5.74, 6) is -0.725. The summed E-state index contributed by atoms with van der Waals surface area (Å²) >= 11 is 0. The van der Waals surface area contributed by atoms with Crippen molar-refractivity contribution in [1.29, 1.82) is 0 Å². The molecule has 2 amide bonds. The summed E-state index contributed by atoms with van der Waals surface area (Å²) in [6.07, 6.45) is 3.01. The highest BCUT2D eigenvalue weighted by Gasteiger charge is 1.99. The average Bonchev–Trinajstić information content (AvgIpc) is 2.38. The molecule has 0 aliphatic heterocycles. The molecule has 1 aromatic rings. The van der Waals surface area contributed by atoms with Crippen molar-refractivity contribution in [2.75, 3.05) is 13.7 Å². The second-order valence-electron chi connectivity index (χ2n) is 3.67. The first-order valence-corrected chi connectivity index (χ1v) is 5.49. The highest BCUT2D eigenvalue weighted by molar-refractivity contribution is 5.91. The van der Waals surface area contributed by atoms with Crippen LogP contribution in [-0.4, -0.2) is 25.5 Å². The standard InChI is InChI=1S/C13H16N2O3/c1-10-3-5-11(6-4-10)7-8-12(16)15-18-9-13(17)14-2/h3-8H,9H2,1-2H3,(H,14,17)(H,15,16)/b8-7+. The Morgan fingerprint density at radius 3 is 2.56 bits per heavy atom. The molecular weight excluding hydrogens is 232 g/mol. The van der Waals surface area contributed by atoms with E-state index in [0.29, 0.717) is 0 Å². The van der Waals surface area contributed by atoms with E-state index in [4.69, 9.17) is 4.84 Å². The van der Waals surface area contributed by atoms with Gasteiger partial charge >= 0.3 is 0 Å². The molecule has 0 bridgehead atoms. The molecule has 0 atom stereocenters. The number of benzene rings is 1. The molecule has 0 saturated heterocycles. The van der Waals surface area contributed by atoms with Crippen molar-refractivity contribution in [2.45, 2.75) is 6.92 Å². The van der Waals surface area contributed by atoms with E-state index in [2.05, 4.69) is 10.8 Å². The van der Waals surface area contributed by atoms with Gasteiger partial charge in [-0.2, -0.15) is 0 Å². The molecule has 96 valence electrons. The molecule has 0 aliphatic rings. The third-order valence-corrected chi connectivity index (χ3v) is 2.16. The second-order valence-corrected chi connectivity index (χ2v) is 3.67. The highest BCUT2D eigenvalue weighted by atomic mass is 16.7. The van der Waals surface area contributed by atoms with Gasteiger partial charge in [-0.15, -0.1) is 0 Å². The average molecular weight is 248 g/mol. The van der Waals surface area contributed by atoms with Gasteiger partial charge in [0.15, 0.2) is 6.61 Å². The molecule has 0 aliphatic carbocycles. The zero-order valence-electron chi connectivity index (χ0n) is 10.4. The largest absolute Gasteiger partial charge is 0.357 e. The first-order chi connectivity index (χ1) is 8.61. The number of hydrogen-bond acceptors (Lipinski definition) is 3. The van der Waals surface area contributed by atoms with Gasteiger partial charge in [-0.25, -0.2) is 5.48 Å². The van der Waals surface area contributed by atoms with Crippen LogP contribution in [0.15, 0.2) is 30.3 Å². The zero-order chi connectivity index (χ0) is 13.4. The molecule has 1 rings (SSSR count). The lowest BCUT2D eigenvalue weighted by Crippen LogP contribution is -2.30. The smallest absolute Gasteiger partial charge is 0.267 e. The molecule has 0 saturated carbocycles. The Balaban J connectivity index is 2.35. The maximum absolute atomic E-state index is 11.3. The Morgan fingerprint density at radius 2 is 1.94 bits per heavy atom. The molecule has 2 N–H and O–H groups in total. The number of hydroxylamine groups is 1. The fourth-order valence-electron chi connectivity index (χ4n) is 1.13. The Labute approximate surface area is 106 Å². The van der Waals surface area contributed by atoms with Gasteiger partial charge in [0.2, 0.25) is 5.91 Å². The van der Waals surface area contributed by atoms with Crippen molar-refractivity contribution in [3.63, 3.8) is 0 Å². The highest BCUT2D eigenvalue weighted by Crippen LogP contribution is 2.04. The van der Waals surface area contributed by atoms with Crippen molar-refractivity contribution in [2.24, 2.45) is 0 Å². The van der Waals surface area contributed by atoms with Crippen molar-refractivity contribution in [1.82, 2.24) is 10.8 Å². The van der Waals surface area contributed by atoms with Crippen LogP contribution < -0.4 is 10.8 Å². The molecule has 0 spiro atoms. The normalized spacial score (nSPS) is 10.3. The van der Waals surface area contributed by atoms with Gasteiger partial charge in [0, 0.05) is 13.1 Å². The minimum absolute atomic E-state index is 0.208. The second kappa shape index (κ2) is 7.24. The summed E-state index contributed by atoms with van der Waals surface area (Å²) in [5, 5.41) is 2.37. The fraction of sp³-hybridized carbons (Fsp3) is 0.231. The fourth-order valence-corrected chi connectivity index (χ4v) is 1.13. The molecule has 0 unspecified atom stereocenters. The molecule has 0 fully saturated rings. The molecule has 18 heavy (non-hydrogen) atoms. The summed E-state index contributed by atoms with van der Waals surface area (Å²) in [6, 6.07) is 7.73. The minimum Gasteiger partial charge on any atom is -0.357 e. The van der Waals surface area contributed by atoms with E-state index in [1.165, 1.54) is 13.1 Å². The van der Waals surface area contributed by atoms with E-state index >= 15 is 0 Å². The first kappa shape index (κ1) is 13.9. The van der Waals surface area contributed by atoms with Crippen LogP contribution in [0.2, 0.25) is 0 Å². The Kier molecular flexibility index (Phi) is 5.60. The Morgan fingerprint density at radius 1 is 1.28 bits per heavy atom. The number of likely N-dealkylation sites (N-methyl/N-ethyl adjacent to an activating group) is 1. The molecule has 5 heteroatoms. The van der Waals surface area contributed by atoms with Crippen LogP contribution in [0, 0.1) is 6.92 Å². The van der Waals surface area contributed by atoms with Crippen molar-refractivity contribution in [3.8, 4) is 0 Å². The van der Waals surface area contributed by atoms with Crippen molar-refractivity contribution in [3.05, 3.63) is 41.5 Å². The van der Waals surface area contributed by atoms with Gasteiger partial charge < -0.3 is 5.32 Å². The van der Waals surface area contributed by atoms with Crippen molar-refractivity contribution < 1.29 is 14.4 Å². The van der Waals surface area contributed by atoms with Gasteiger partial charge in [0.25, 0.3) is 5.91 Å². The van der Waals surface area contributed by atoms with E-state index in [-0.39, 0.29) is 12.5 Å². The van der Waals surface area contributed by atoms with Gasteiger partial charge in [-0.05, 0) is 18.6 Å². The molecule has 0 radical (unpaired) electrons. The predicted octanol–water partition coefficient (Wildman–Crippen LogP) is 0.802. The number of rotatable bonds is 5. The first-order valence-electron chi connectivity index (χ1n) is 5.49. The summed E-state index contributed by atoms with van der Waals surface area (Å²) in [7, 11) is 1.49. The quantitative estimate of drug-likeness (QED) is 0.598. The molecule has 0 heterocycles. The Bertz CT molecular complexity index is 438. The lowest BCUT2D eigenvalue weighted by molar-refractivity contribution is -0.135. The van der Waals surface area contributed by atoms with Gasteiger partial charge in [-0.1, -0.05) is 29.8 Å². The summed E-state index contributed by atoms with van der Waals surface area (Å²) < 4.78 is 0. The summed E-state index contributed by atoms with van der Waals surface area (Å²) in [4.78, 5) is 26.8. The number of amides is 2. The number of carbonyl (C=O) groups is 2. The van der Waals surface area contributed by atoms with Crippen LogP contribution in [0.25, 0.3) is 6.08 Å². The monoisotopic (exact) mass is 248 g/mol. The van der Waals surface area contributed by atoms with Gasteiger partial charge in [-0.3, -0.25) is 14.4 Å². The number of carbonyl (C=O) groups excluding carboxylic acids is 2. The number of aryl methyl sites for hydroxylation is 1. The molecule has 0 aromatic heterocycles. The topological polar surface area (TPSA) is 67.4 Å². The van der Waals surface area contributed by atoms with Gasteiger partial charge in [0.05, 0.1) is 0 Å². The van der Waals surface area contributed by atoms with E-state index in [9.17, 15) is 9.59 Å². The summed E-state index contributed by atoms with van der Waals surface area (Å²) in [6.45, 7) is 1.79. The van der Waals surface area contributed by atoms with Crippen LogP contribution >= 0.6 is 0 Å². The minimum atomic E-state index is -0.417. The van der Waals surface area contributed by atoms with Crippen LogP contribution in [0.3, 0.4) is 0 Å². The third-order valence-electron chi connectivity index (χ3n) is 2.16. The van der Waals surface area contributed by atoms with Crippen molar-refractivity contribution >= 4 is 17.9 Å². The van der Waals surface area contributed by atoms with E-state index < -0.39 is 5.91 Å². The van der Waals surface area contributed by atoms with E-state index in [0.717, 1.165) is 11.1 Å². The number of nitrogens with one attached hydrogen (secondary N) is 2. The van der Waals surface area contributed by atoms with Crippen LogP contribution in [0.4, 0.5) is 0 Å². The molecular formula is C13H16N2O3. The predicted molar refractivity (Wildman–Crippen MR) is 68.4 cm³/mol. The molecule has 5 nitrogen and oxygen atoms in total. The van der Waals surface area contributed by atoms with Crippen LogP contribution in [0.1, 0.15) is 11.1 Å². The van der Waals surface area contributed by atoms with Crippen LogP contribution in [0.5, 0.6) is 0 Å². The van der Waals surface area contributed by atoms with E-state index in [1.807, 2.05) is 31.2 Å². The summed E-state index contributed by atoms with van der Waals surface area (Å²) in [5.41, 5.74) is 4.22. The lowest BCUT2D eigenvalue weighted by Gasteiger charge is -2.02. The Hall–Kier alpha value is -2.14. The molecule has 1 aromatic carbocycles.